The lowest BCUT2D eigenvalue weighted by Gasteiger charge is -2.10. The van der Waals surface area contributed by atoms with Crippen LogP contribution in [0.2, 0.25) is 10.0 Å². The monoisotopic (exact) mass is 492 g/mol. The number of methoxy groups -OCH3 is 1. The van der Waals surface area contributed by atoms with Crippen LogP contribution >= 0.6 is 23.2 Å². The number of nitrogens with one attached hydrogen (secondary N) is 1. The largest absolute Gasteiger partial charge is 0.493 e. The minimum Gasteiger partial charge on any atom is -0.493 e. The first-order chi connectivity index (χ1) is 15.9. The van der Waals surface area contributed by atoms with Crippen LogP contribution < -0.4 is 19.6 Å². The van der Waals surface area contributed by atoms with Gasteiger partial charge in [-0.05, 0) is 54.1 Å². The third kappa shape index (κ3) is 6.90. The Morgan fingerprint density at radius 1 is 1.06 bits per heavy atom. The summed E-state index contributed by atoms with van der Waals surface area (Å²) in [5, 5.41) is 13.5. The second kappa shape index (κ2) is 11.3. The van der Waals surface area contributed by atoms with E-state index in [4.69, 9.17) is 46.9 Å². The maximum absolute atomic E-state index is 11.9. The first-order valence-electron chi connectivity index (χ1n) is 9.38. The molecular formula is C22H18Cl2N2O7. The molecule has 9 nitrogen and oxygen atoms in total. The SMILES string of the molecule is COc1cc(C=NNC(=O)COc2ccc(Cl)cc2Cl)ccc1OCc1ccc(C(=O)O)o1. The summed E-state index contributed by atoms with van der Waals surface area (Å²) in [5.74, 6) is -0.301. The molecule has 2 N–H and O–H groups in total. The summed E-state index contributed by atoms with van der Waals surface area (Å²) < 4.78 is 21.4. The van der Waals surface area contributed by atoms with Crippen LogP contribution in [0.4, 0.5) is 0 Å². The average molecular weight is 493 g/mol. The summed E-state index contributed by atoms with van der Waals surface area (Å²) in [7, 11) is 1.47. The van der Waals surface area contributed by atoms with Gasteiger partial charge in [-0.1, -0.05) is 23.2 Å². The number of hydrogen-bond acceptors (Lipinski definition) is 7. The maximum atomic E-state index is 11.9. The second-order valence-electron chi connectivity index (χ2n) is 6.43. The Morgan fingerprint density at radius 3 is 2.55 bits per heavy atom. The van der Waals surface area contributed by atoms with Gasteiger partial charge >= 0.3 is 5.97 Å². The van der Waals surface area contributed by atoms with Crippen molar-refractivity contribution in [2.45, 2.75) is 6.61 Å². The molecule has 1 heterocycles. The number of hydrogen-bond donors (Lipinski definition) is 2. The minimum atomic E-state index is -1.16. The molecule has 0 fully saturated rings. The average Bonchev–Trinajstić information content (AvgIpc) is 3.27. The van der Waals surface area contributed by atoms with Gasteiger partial charge in [-0.3, -0.25) is 4.79 Å². The van der Waals surface area contributed by atoms with Gasteiger partial charge in [0.1, 0.15) is 18.1 Å². The van der Waals surface area contributed by atoms with Gasteiger partial charge in [0.05, 0.1) is 18.3 Å². The number of amides is 1. The van der Waals surface area contributed by atoms with Crippen molar-refractivity contribution >= 4 is 41.3 Å². The molecule has 3 rings (SSSR count). The van der Waals surface area contributed by atoms with Gasteiger partial charge in [-0.2, -0.15) is 5.10 Å². The van der Waals surface area contributed by atoms with Crippen molar-refractivity contribution in [1.29, 1.82) is 0 Å². The lowest BCUT2D eigenvalue weighted by molar-refractivity contribution is -0.123. The van der Waals surface area contributed by atoms with Crippen LogP contribution in [-0.4, -0.2) is 36.9 Å². The van der Waals surface area contributed by atoms with E-state index in [1.165, 1.54) is 31.5 Å². The summed E-state index contributed by atoms with van der Waals surface area (Å²) in [6.07, 6.45) is 1.42. The van der Waals surface area contributed by atoms with Crippen molar-refractivity contribution < 1.29 is 33.3 Å². The highest BCUT2D eigenvalue weighted by Gasteiger charge is 2.11. The van der Waals surface area contributed by atoms with E-state index in [9.17, 15) is 9.59 Å². The number of carbonyl (C=O) groups excluding carboxylic acids is 1. The van der Waals surface area contributed by atoms with Crippen molar-refractivity contribution in [3.63, 3.8) is 0 Å². The van der Waals surface area contributed by atoms with E-state index in [0.29, 0.717) is 38.6 Å². The fourth-order valence-electron chi connectivity index (χ4n) is 2.55. The number of carboxylic acids is 1. The Balaban J connectivity index is 1.52. The van der Waals surface area contributed by atoms with Crippen molar-refractivity contribution in [3.05, 3.63) is 75.7 Å². The van der Waals surface area contributed by atoms with Crippen LogP contribution in [0.5, 0.6) is 17.2 Å². The number of carboxylic acid groups (broad SMARTS) is 1. The molecule has 1 amide bonds. The number of halogens is 2. The van der Waals surface area contributed by atoms with Crippen LogP contribution in [0, 0.1) is 0 Å². The Bertz CT molecular complexity index is 1180. The topological polar surface area (TPSA) is 120 Å². The standard InChI is InChI=1S/C22H18Cl2N2O7/c1-30-20-8-13(2-5-18(20)31-11-15-4-7-19(33-15)22(28)29)10-25-26-21(27)12-32-17-6-3-14(23)9-16(17)24/h2-10H,11-12H2,1H3,(H,26,27)(H,28,29). The highest BCUT2D eigenvalue weighted by atomic mass is 35.5. The summed E-state index contributed by atoms with van der Waals surface area (Å²) in [4.78, 5) is 22.8. The minimum absolute atomic E-state index is 0.0186. The van der Waals surface area contributed by atoms with Crippen LogP contribution in [0.3, 0.4) is 0 Å². The maximum Gasteiger partial charge on any atom is 0.371 e. The van der Waals surface area contributed by atoms with Crippen molar-refractivity contribution in [3.8, 4) is 17.2 Å². The van der Waals surface area contributed by atoms with E-state index in [1.54, 1.807) is 30.3 Å². The predicted molar refractivity (Wildman–Crippen MR) is 121 cm³/mol. The van der Waals surface area contributed by atoms with E-state index in [-0.39, 0.29) is 19.0 Å². The van der Waals surface area contributed by atoms with Crippen molar-refractivity contribution in [2.24, 2.45) is 5.10 Å². The molecule has 0 unspecified atom stereocenters. The molecule has 0 aliphatic heterocycles. The molecule has 2 aromatic carbocycles. The molecule has 0 radical (unpaired) electrons. The number of rotatable bonds is 10. The summed E-state index contributed by atoms with van der Waals surface area (Å²) >= 11 is 11.8. The van der Waals surface area contributed by atoms with E-state index < -0.39 is 11.9 Å². The van der Waals surface area contributed by atoms with Gasteiger partial charge in [-0.15, -0.1) is 0 Å². The second-order valence-corrected chi connectivity index (χ2v) is 7.27. The third-order valence-corrected chi connectivity index (χ3v) is 4.62. The van der Waals surface area contributed by atoms with E-state index in [1.807, 2.05) is 0 Å². The van der Waals surface area contributed by atoms with E-state index in [0.717, 1.165) is 0 Å². The molecule has 1 aromatic heterocycles. The Hall–Kier alpha value is -3.69. The summed E-state index contributed by atoms with van der Waals surface area (Å²) in [6, 6.07) is 12.5. The van der Waals surface area contributed by atoms with Crippen LogP contribution in [0.1, 0.15) is 21.9 Å². The Labute approximate surface area is 198 Å². The molecule has 172 valence electrons. The number of benzene rings is 2. The molecule has 0 saturated carbocycles. The van der Waals surface area contributed by atoms with Gasteiger partial charge in [0.2, 0.25) is 5.76 Å². The molecule has 0 aliphatic rings. The summed E-state index contributed by atoms with van der Waals surface area (Å²) in [6.45, 7) is -0.268. The molecule has 0 aliphatic carbocycles. The number of carbonyl (C=O) groups is 2. The first kappa shape index (κ1) is 24.0. The zero-order valence-corrected chi connectivity index (χ0v) is 18.7. The number of furan rings is 1. The lowest BCUT2D eigenvalue weighted by Crippen LogP contribution is -2.24. The van der Waals surface area contributed by atoms with Gasteiger partial charge in [0, 0.05) is 5.02 Å². The normalized spacial score (nSPS) is 10.8. The summed E-state index contributed by atoms with van der Waals surface area (Å²) in [5.41, 5.74) is 2.98. The molecule has 33 heavy (non-hydrogen) atoms. The molecule has 11 heteroatoms. The van der Waals surface area contributed by atoms with Crippen LogP contribution in [0.15, 0.2) is 58.0 Å². The Kier molecular flexibility index (Phi) is 8.17. The van der Waals surface area contributed by atoms with Crippen LogP contribution in [0.25, 0.3) is 0 Å². The Morgan fingerprint density at radius 2 is 1.85 bits per heavy atom. The third-order valence-electron chi connectivity index (χ3n) is 4.09. The van der Waals surface area contributed by atoms with Gasteiger partial charge < -0.3 is 23.7 Å². The smallest absolute Gasteiger partial charge is 0.371 e. The van der Waals surface area contributed by atoms with Gasteiger partial charge in [0.15, 0.2) is 18.1 Å². The molecule has 0 bridgehead atoms. The highest BCUT2D eigenvalue weighted by Crippen LogP contribution is 2.29. The molecule has 3 aromatic rings. The van der Waals surface area contributed by atoms with E-state index in [2.05, 4.69) is 10.5 Å². The molecule has 0 saturated heterocycles. The zero-order chi connectivity index (χ0) is 23.8. The molecule has 0 spiro atoms. The molecular weight excluding hydrogens is 475 g/mol. The van der Waals surface area contributed by atoms with E-state index >= 15 is 0 Å². The van der Waals surface area contributed by atoms with Crippen molar-refractivity contribution in [2.75, 3.05) is 13.7 Å². The number of aromatic carboxylic acids is 1. The van der Waals surface area contributed by atoms with Crippen molar-refractivity contribution in [1.82, 2.24) is 5.43 Å². The number of nitrogens with zero attached hydrogens (tertiary/aromatic N) is 1. The number of hydrazone groups is 1. The lowest BCUT2D eigenvalue weighted by atomic mass is 10.2. The highest BCUT2D eigenvalue weighted by molar-refractivity contribution is 6.35. The fourth-order valence-corrected chi connectivity index (χ4v) is 3.01. The number of ether oxygens (including phenoxy) is 3. The van der Waals surface area contributed by atoms with Gasteiger partial charge in [-0.25, -0.2) is 10.2 Å². The van der Waals surface area contributed by atoms with Gasteiger partial charge in [0.25, 0.3) is 5.91 Å². The quantitative estimate of drug-likeness (QED) is 0.317. The predicted octanol–water partition coefficient (Wildman–Crippen LogP) is 4.40. The molecule has 0 atom stereocenters. The fraction of sp³-hybridized carbons (Fsp3) is 0.136. The zero-order valence-electron chi connectivity index (χ0n) is 17.2. The first-order valence-corrected chi connectivity index (χ1v) is 10.1. The van der Waals surface area contributed by atoms with Crippen LogP contribution in [-0.2, 0) is 11.4 Å².